The van der Waals surface area contributed by atoms with Crippen LogP contribution in [0.4, 0.5) is 4.79 Å². The monoisotopic (exact) mass is 534 g/mol. The molecule has 0 aliphatic heterocycles. The van der Waals surface area contributed by atoms with Crippen molar-refractivity contribution in [2.24, 2.45) is 5.73 Å². The van der Waals surface area contributed by atoms with Gasteiger partial charge in [-0.25, -0.2) is 4.79 Å². The second kappa shape index (κ2) is 14.8. The van der Waals surface area contributed by atoms with Crippen molar-refractivity contribution in [1.29, 1.82) is 0 Å². The number of ether oxygens (including phenoxy) is 4. The van der Waals surface area contributed by atoms with E-state index in [4.69, 9.17) is 24.7 Å². The van der Waals surface area contributed by atoms with Gasteiger partial charge in [-0.3, -0.25) is 4.79 Å². The molecule has 0 radical (unpaired) electrons. The van der Waals surface area contributed by atoms with Crippen molar-refractivity contribution < 1.29 is 28.5 Å². The molecule has 3 aromatic carbocycles. The highest BCUT2D eigenvalue weighted by Crippen LogP contribution is 2.41. The van der Waals surface area contributed by atoms with Crippen molar-refractivity contribution in [2.75, 3.05) is 27.4 Å². The maximum absolute atomic E-state index is 11.7. The third kappa shape index (κ3) is 7.97. The average Bonchev–Trinajstić information content (AvgIpc) is 2.97. The van der Waals surface area contributed by atoms with Crippen molar-refractivity contribution in [1.82, 2.24) is 5.32 Å². The van der Waals surface area contributed by atoms with Crippen LogP contribution >= 0.6 is 0 Å². The maximum Gasteiger partial charge on any atom is 0.407 e. The molecule has 208 valence electrons. The molecule has 0 aliphatic carbocycles. The van der Waals surface area contributed by atoms with Crippen molar-refractivity contribution in [2.45, 2.75) is 44.2 Å². The number of methoxy groups -OCH3 is 2. The summed E-state index contributed by atoms with van der Waals surface area (Å²) in [5, 5.41) is 2.40. The van der Waals surface area contributed by atoms with E-state index in [2.05, 4.69) is 17.4 Å². The molecule has 0 heterocycles. The fourth-order valence-electron chi connectivity index (χ4n) is 4.31. The van der Waals surface area contributed by atoms with Crippen molar-refractivity contribution >= 4 is 12.0 Å². The van der Waals surface area contributed by atoms with Gasteiger partial charge < -0.3 is 30.0 Å². The van der Waals surface area contributed by atoms with Gasteiger partial charge in [0, 0.05) is 6.61 Å². The minimum atomic E-state index is -0.835. The molecule has 3 aromatic rings. The summed E-state index contributed by atoms with van der Waals surface area (Å²) in [4.78, 5) is 22.8. The molecule has 3 N–H and O–H groups in total. The van der Waals surface area contributed by atoms with Gasteiger partial charge in [-0.2, -0.15) is 0 Å². The molecule has 0 fully saturated rings. The molecule has 1 atom stereocenters. The summed E-state index contributed by atoms with van der Waals surface area (Å²) in [5.74, 6) is 0.939. The number of alkyl carbamates (subject to hydrolysis) is 1. The minimum Gasteiger partial charge on any atom is -0.497 e. The van der Waals surface area contributed by atoms with E-state index in [0.717, 1.165) is 47.5 Å². The number of hydrogen-bond donors (Lipinski definition) is 2. The van der Waals surface area contributed by atoms with Crippen molar-refractivity contribution in [3.05, 3.63) is 95.6 Å². The Labute approximate surface area is 230 Å². The second-order valence-electron chi connectivity index (χ2n) is 9.17. The quantitative estimate of drug-likeness (QED) is 0.206. The molecule has 0 saturated carbocycles. The van der Waals surface area contributed by atoms with E-state index >= 15 is 0 Å². The molecule has 0 spiro atoms. The predicted molar refractivity (Wildman–Crippen MR) is 150 cm³/mol. The van der Waals surface area contributed by atoms with Gasteiger partial charge in [-0.15, -0.1) is 0 Å². The fourth-order valence-corrected chi connectivity index (χ4v) is 4.31. The summed E-state index contributed by atoms with van der Waals surface area (Å²) in [6, 6.07) is 25.3. The Kier molecular flexibility index (Phi) is 11.2. The van der Waals surface area contributed by atoms with Gasteiger partial charge in [0.25, 0.3) is 0 Å². The Hall–Kier alpha value is -4.04. The van der Waals surface area contributed by atoms with Crippen LogP contribution in [0.1, 0.15) is 49.3 Å². The molecule has 0 saturated heterocycles. The molecule has 2 amide bonds. The maximum atomic E-state index is 11.7. The molecule has 0 aliphatic rings. The summed E-state index contributed by atoms with van der Waals surface area (Å²) in [7, 11) is 3.30. The van der Waals surface area contributed by atoms with E-state index in [1.165, 1.54) is 6.92 Å². The number of hydrogen-bond acceptors (Lipinski definition) is 6. The summed E-state index contributed by atoms with van der Waals surface area (Å²) < 4.78 is 22.7. The Morgan fingerprint density at radius 2 is 1.23 bits per heavy atom. The van der Waals surface area contributed by atoms with Crippen LogP contribution in [0.25, 0.3) is 0 Å². The van der Waals surface area contributed by atoms with Crippen LogP contribution in [0, 0.1) is 0 Å². The number of primary amides is 1. The van der Waals surface area contributed by atoms with E-state index in [1.54, 1.807) is 14.2 Å². The predicted octanol–water partition coefficient (Wildman–Crippen LogP) is 5.17. The molecular weight excluding hydrogens is 496 g/mol. The highest BCUT2D eigenvalue weighted by Gasteiger charge is 2.37. The van der Waals surface area contributed by atoms with E-state index in [1.807, 2.05) is 66.7 Å². The van der Waals surface area contributed by atoms with Crippen LogP contribution in [0.15, 0.2) is 78.9 Å². The number of nitrogens with two attached hydrogens (primary N) is 1. The van der Waals surface area contributed by atoms with Gasteiger partial charge in [-0.1, -0.05) is 61.0 Å². The van der Waals surface area contributed by atoms with Crippen LogP contribution < -0.4 is 20.5 Å². The lowest BCUT2D eigenvalue weighted by Gasteiger charge is -2.36. The van der Waals surface area contributed by atoms with Crippen LogP contribution in [-0.4, -0.2) is 45.5 Å². The summed E-state index contributed by atoms with van der Waals surface area (Å²) in [5.41, 5.74) is 7.31. The summed E-state index contributed by atoms with van der Waals surface area (Å²) in [6.45, 7) is 2.30. The zero-order valence-corrected chi connectivity index (χ0v) is 22.9. The Bertz CT molecular complexity index is 1120. The third-order valence-electron chi connectivity index (χ3n) is 6.52. The molecule has 8 heteroatoms. The lowest BCUT2D eigenvalue weighted by molar-refractivity contribution is -0.119. The Morgan fingerprint density at radius 3 is 1.72 bits per heavy atom. The van der Waals surface area contributed by atoms with Gasteiger partial charge in [0.2, 0.25) is 5.91 Å². The number of rotatable bonds is 15. The second-order valence-corrected chi connectivity index (χ2v) is 9.17. The average molecular weight is 535 g/mol. The van der Waals surface area contributed by atoms with E-state index in [9.17, 15) is 9.59 Å². The normalized spacial score (nSPS) is 11.9. The zero-order chi connectivity index (χ0) is 28.1. The van der Waals surface area contributed by atoms with Gasteiger partial charge >= 0.3 is 6.09 Å². The molecule has 39 heavy (non-hydrogen) atoms. The standard InChI is InChI=1S/C31H38N2O6/c1-23(29(32)34)33-30(35)38-21-9-4-5-10-22-39-31(24-11-7-6-8-12-24,25-13-17-27(36-2)18-14-25)26-15-19-28(37-3)20-16-26/h6-8,11-20,23H,4-5,9-10,21-22H2,1-3H3,(H2,32,34)(H,33,35)/t23-/m0/s1. The molecule has 0 bridgehead atoms. The highest BCUT2D eigenvalue weighted by atomic mass is 16.5. The summed E-state index contributed by atoms with van der Waals surface area (Å²) >= 11 is 0. The number of benzene rings is 3. The lowest BCUT2D eigenvalue weighted by atomic mass is 9.80. The van der Waals surface area contributed by atoms with Gasteiger partial charge in [0.15, 0.2) is 0 Å². The molecular formula is C31H38N2O6. The van der Waals surface area contributed by atoms with E-state index in [-0.39, 0.29) is 6.61 Å². The largest absolute Gasteiger partial charge is 0.497 e. The minimum absolute atomic E-state index is 0.268. The number of carbonyl (C=O) groups excluding carboxylic acids is 2. The molecule has 0 aromatic heterocycles. The fraction of sp³-hybridized carbons (Fsp3) is 0.355. The number of nitrogens with one attached hydrogen (secondary N) is 1. The highest BCUT2D eigenvalue weighted by molar-refractivity contribution is 5.83. The van der Waals surface area contributed by atoms with Gasteiger partial charge in [-0.05, 0) is 67.1 Å². The van der Waals surface area contributed by atoms with Crippen molar-refractivity contribution in [3.8, 4) is 11.5 Å². The first-order chi connectivity index (χ1) is 18.9. The van der Waals surface area contributed by atoms with E-state index in [0.29, 0.717) is 13.0 Å². The third-order valence-corrected chi connectivity index (χ3v) is 6.52. The van der Waals surface area contributed by atoms with E-state index < -0.39 is 23.6 Å². The van der Waals surface area contributed by atoms with Crippen LogP contribution in [0.3, 0.4) is 0 Å². The smallest absolute Gasteiger partial charge is 0.407 e. The Balaban J connectivity index is 1.70. The van der Waals surface area contributed by atoms with Gasteiger partial charge in [0.1, 0.15) is 23.1 Å². The first-order valence-corrected chi connectivity index (χ1v) is 13.1. The van der Waals surface area contributed by atoms with Gasteiger partial charge in [0.05, 0.1) is 20.8 Å². The topological polar surface area (TPSA) is 109 Å². The number of amides is 2. The molecule has 3 rings (SSSR count). The lowest BCUT2D eigenvalue weighted by Crippen LogP contribution is -2.42. The van der Waals surface area contributed by atoms with Crippen LogP contribution in [0.2, 0.25) is 0 Å². The molecule has 0 unspecified atom stereocenters. The first kappa shape index (κ1) is 29.5. The van der Waals surface area contributed by atoms with Crippen molar-refractivity contribution in [3.63, 3.8) is 0 Å². The summed E-state index contributed by atoms with van der Waals surface area (Å²) in [6.07, 6.45) is 2.66. The first-order valence-electron chi connectivity index (χ1n) is 13.1. The SMILES string of the molecule is COc1ccc(C(OCCCCCCOC(=O)N[C@@H](C)C(N)=O)(c2ccccc2)c2ccc(OC)cc2)cc1. The van der Waals surface area contributed by atoms with Crippen LogP contribution in [-0.2, 0) is 19.9 Å². The number of unbranched alkanes of at least 4 members (excludes halogenated alkanes) is 3. The zero-order valence-electron chi connectivity index (χ0n) is 22.9. The number of carbonyl (C=O) groups is 2. The molecule has 8 nitrogen and oxygen atoms in total. The Morgan fingerprint density at radius 1 is 0.744 bits per heavy atom. The van der Waals surface area contributed by atoms with Crippen LogP contribution in [0.5, 0.6) is 11.5 Å².